The Morgan fingerprint density at radius 1 is 1.67 bits per heavy atom. The molecule has 1 aromatic heterocycles. The first-order chi connectivity index (χ1) is 7.16. The van der Waals surface area contributed by atoms with Crippen LogP contribution in [0.5, 0.6) is 0 Å². The normalized spacial score (nSPS) is 20.7. The Hall–Kier alpha value is -0.970. The molecule has 1 aliphatic heterocycles. The van der Waals surface area contributed by atoms with Crippen molar-refractivity contribution in [2.75, 3.05) is 13.1 Å². The molecule has 4 nitrogen and oxygen atoms in total. The molecule has 15 heavy (non-hydrogen) atoms. The summed E-state index contributed by atoms with van der Waals surface area (Å²) in [5.41, 5.74) is 0.490. The maximum absolute atomic E-state index is 12.0. The summed E-state index contributed by atoms with van der Waals surface area (Å²) in [7, 11) is 0. The Balaban J connectivity index is 2.14. The van der Waals surface area contributed by atoms with Crippen LogP contribution < -0.4 is 0 Å². The molecule has 2 rings (SSSR count). The SMILES string of the molecule is Cc1nccc(C(=O)N2CCC(Br)C2)n1. The lowest BCUT2D eigenvalue weighted by molar-refractivity contribution is 0.0787. The third-order valence-corrected chi connectivity index (χ3v) is 3.16. The van der Waals surface area contributed by atoms with Crippen LogP contribution in [0.4, 0.5) is 0 Å². The van der Waals surface area contributed by atoms with Gasteiger partial charge in [0.2, 0.25) is 0 Å². The Morgan fingerprint density at radius 2 is 2.47 bits per heavy atom. The molecule has 0 aromatic carbocycles. The first-order valence-electron chi connectivity index (χ1n) is 4.90. The topological polar surface area (TPSA) is 46.1 Å². The van der Waals surface area contributed by atoms with Crippen LogP contribution in [-0.2, 0) is 0 Å². The van der Waals surface area contributed by atoms with Gasteiger partial charge in [0, 0.05) is 24.1 Å². The minimum absolute atomic E-state index is 0.00227. The number of likely N-dealkylation sites (tertiary alicyclic amines) is 1. The minimum Gasteiger partial charge on any atom is -0.336 e. The Kier molecular flexibility index (Phi) is 3.00. The van der Waals surface area contributed by atoms with E-state index in [1.54, 1.807) is 19.2 Å². The summed E-state index contributed by atoms with van der Waals surface area (Å²) in [4.78, 5) is 22.3. The highest BCUT2D eigenvalue weighted by Gasteiger charge is 2.25. The minimum atomic E-state index is 0.00227. The van der Waals surface area contributed by atoms with Crippen LogP contribution in [-0.4, -0.2) is 38.7 Å². The van der Waals surface area contributed by atoms with E-state index >= 15 is 0 Å². The molecule has 1 fully saturated rings. The third kappa shape index (κ3) is 2.34. The standard InChI is InChI=1S/C10H12BrN3O/c1-7-12-4-2-9(13-7)10(15)14-5-3-8(11)6-14/h2,4,8H,3,5-6H2,1H3. The zero-order valence-corrected chi connectivity index (χ0v) is 10.1. The molecular weight excluding hydrogens is 258 g/mol. The average molecular weight is 270 g/mol. The lowest BCUT2D eigenvalue weighted by atomic mass is 10.3. The number of halogens is 1. The quantitative estimate of drug-likeness (QED) is 0.724. The zero-order chi connectivity index (χ0) is 10.8. The third-order valence-electron chi connectivity index (χ3n) is 2.41. The molecule has 80 valence electrons. The van der Waals surface area contributed by atoms with Crippen LogP contribution in [0.2, 0.25) is 0 Å². The summed E-state index contributed by atoms with van der Waals surface area (Å²) in [6, 6.07) is 1.66. The van der Waals surface area contributed by atoms with Crippen molar-refractivity contribution in [3.8, 4) is 0 Å². The molecule has 1 unspecified atom stereocenters. The van der Waals surface area contributed by atoms with E-state index in [0.717, 1.165) is 19.5 Å². The van der Waals surface area contributed by atoms with Crippen molar-refractivity contribution in [1.29, 1.82) is 0 Å². The monoisotopic (exact) mass is 269 g/mol. The average Bonchev–Trinajstić information content (AvgIpc) is 2.64. The summed E-state index contributed by atoms with van der Waals surface area (Å²) in [5, 5.41) is 0. The van der Waals surface area contributed by atoms with Gasteiger partial charge >= 0.3 is 0 Å². The van der Waals surface area contributed by atoms with Crippen molar-refractivity contribution in [3.05, 3.63) is 23.8 Å². The van der Waals surface area contributed by atoms with Crippen molar-refractivity contribution in [2.24, 2.45) is 0 Å². The highest BCUT2D eigenvalue weighted by Crippen LogP contribution is 2.18. The second kappa shape index (κ2) is 4.26. The van der Waals surface area contributed by atoms with Gasteiger partial charge in [-0.25, -0.2) is 9.97 Å². The molecule has 0 bridgehead atoms. The van der Waals surface area contributed by atoms with Gasteiger partial charge in [-0.15, -0.1) is 0 Å². The first-order valence-corrected chi connectivity index (χ1v) is 5.81. The molecule has 1 atom stereocenters. The molecule has 1 saturated heterocycles. The van der Waals surface area contributed by atoms with E-state index in [2.05, 4.69) is 25.9 Å². The van der Waals surface area contributed by atoms with Crippen molar-refractivity contribution in [1.82, 2.24) is 14.9 Å². The molecule has 5 heteroatoms. The van der Waals surface area contributed by atoms with Crippen LogP contribution in [0.15, 0.2) is 12.3 Å². The van der Waals surface area contributed by atoms with Crippen molar-refractivity contribution in [3.63, 3.8) is 0 Å². The smallest absolute Gasteiger partial charge is 0.272 e. The van der Waals surface area contributed by atoms with Crippen LogP contribution in [0.3, 0.4) is 0 Å². The lowest BCUT2D eigenvalue weighted by Gasteiger charge is -2.14. The summed E-state index contributed by atoms with van der Waals surface area (Å²) in [6.45, 7) is 3.35. The summed E-state index contributed by atoms with van der Waals surface area (Å²) >= 11 is 3.51. The predicted octanol–water partition coefficient (Wildman–Crippen LogP) is 1.39. The molecule has 0 aliphatic carbocycles. The summed E-state index contributed by atoms with van der Waals surface area (Å²) < 4.78 is 0. The molecule has 0 N–H and O–H groups in total. The van der Waals surface area contributed by atoms with Gasteiger partial charge in [-0.05, 0) is 19.4 Å². The Morgan fingerprint density at radius 3 is 3.07 bits per heavy atom. The number of rotatable bonds is 1. The van der Waals surface area contributed by atoms with Gasteiger partial charge < -0.3 is 4.90 Å². The predicted molar refractivity (Wildman–Crippen MR) is 60.0 cm³/mol. The molecular formula is C10H12BrN3O. The number of hydrogen-bond donors (Lipinski definition) is 0. The van der Waals surface area contributed by atoms with Gasteiger partial charge in [-0.3, -0.25) is 4.79 Å². The number of aromatic nitrogens is 2. The van der Waals surface area contributed by atoms with Gasteiger partial charge in [-0.2, -0.15) is 0 Å². The molecule has 2 heterocycles. The van der Waals surface area contributed by atoms with Gasteiger partial charge in [-0.1, -0.05) is 15.9 Å². The zero-order valence-electron chi connectivity index (χ0n) is 8.48. The Labute approximate surface area is 96.8 Å². The highest BCUT2D eigenvalue weighted by atomic mass is 79.9. The van der Waals surface area contributed by atoms with E-state index in [4.69, 9.17) is 0 Å². The fourth-order valence-corrected chi connectivity index (χ4v) is 2.19. The van der Waals surface area contributed by atoms with Crippen molar-refractivity contribution >= 4 is 21.8 Å². The number of alkyl halides is 1. The number of carbonyl (C=O) groups excluding carboxylic acids is 1. The maximum atomic E-state index is 12.0. The van der Waals surface area contributed by atoms with Crippen molar-refractivity contribution < 1.29 is 4.79 Å². The fraction of sp³-hybridized carbons (Fsp3) is 0.500. The number of hydrogen-bond acceptors (Lipinski definition) is 3. The van der Waals surface area contributed by atoms with E-state index in [1.807, 2.05) is 4.90 Å². The molecule has 1 aromatic rings. The number of nitrogens with zero attached hydrogens (tertiary/aromatic N) is 3. The summed E-state index contributed by atoms with van der Waals surface area (Å²) in [6.07, 6.45) is 2.63. The Bertz CT molecular complexity index is 383. The van der Waals surface area contributed by atoms with E-state index in [0.29, 0.717) is 16.3 Å². The molecule has 0 spiro atoms. The molecule has 0 radical (unpaired) electrons. The van der Waals surface area contributed by atoms with E-state index in [9.17, 15) is 4.79 Å². The maximum Gasteiger partial charge on any atom is 0.272 e. The van der Waals surface area contributed by atoms with E-state index < -0.39 is 0 Å². The van der Waals surface area contributed by atoms with Crippen LogP contribution in [0.25, 0.3) is 0 Å². The second-order valence-corrected chi connectivity index (χ2v) is 4.92. The van der Waals surface area contributed by atoms with Gasteiger partial charge in [0.15, 0.2) is 0 Å². The van der Waals surface area contributed by atoms with E-state index in [1.165, 1.54) is 0 Å². The number of amides is 1. The van der Waals surface area contributed by atoms with E-state index in [-0.39, 0.29) is 5.91 Å². The summed E-state index contributed by atoms with van der Waals surface area (Å²) in [5.74, 6) is 0.637. The highest BCUT2D eigenvalue weighted by molar-refractivity contribution is 9.09. The van der Waals surface area contributed by atoms with Crippen molar-refractivity contribution in [2.45, 2.75) is 18.2 Å². The van der Waals surface area contributed by atoms with Crippen LogP contribution >= 0.6 is 15.9 Å². The van der Waals surface area contributed by atoms with Gasteiger partial charge in [0.05, 0.1) is 0 Å². The van der Waals surface area contributed by atoms with Gasteiger partial charge in [0.25, 0.3) is 5.91 Å². The first kappa shape index (κ1) is 10.5. The second-order valence-electron chi connectivity index (χ2n) is 3.63. The number of aryl methyl sites for hydroxylation is 1. The molecule has 1 aliphatic rings. The van der Waals surface area contributed by atoms with Crippen LogP contribution in [0, 0.1) is 6.92 Å². The lowest BCUT2D eigenvalue weighted by Crippen LogP contribution is -2.29. The molecule has 0 saturated carbocycles. The van der Waals surface area contributed by atoms with Gasteiger partial charge in [0.1, 0.15) is 11.5 Å². The fourth-order valence-electron chi connectivity index (χ4n) is 1.64. The number of carbonyl (C=O) groups is 1. The molecule has 1 amide bonds. The van der Waals surface area contributed by atoms with Crippen LogP contribution in [0.1, 0.15) is 22.7 Å². The largest absolute Gasteiger partial charge is 0.336 e.